The van der Waals surface area contributed by atoms with E-state index >= 15 is 0 Å². The number of rotatable bonds is 5. The fourth-order valence-corrected chi connectivity index (χ4v) is 2.45. The van der Waals surface area contributed by atoms with Crippen molar-refractivity contribution in [3.05, 3.63) is 0 Å². The van der Waals surface area contributed by atoms with Crippen molar-refractivity contribution in [3.63, 3.8) is 0 Å². The standard InChI is InChI=1S/C12H25NO/c1-3-6-14-9-12-7-10(2)4-5-11(12)8-13/h10-12H,3-9,13H2,1-2H3. The van der Waals surface area contributed by atoms with Gasteiger partial charge in [0.2, 0.25) is 0 Å². The second kappa shape index (κ2) is 6.41. The van der Waals surface area contributed by atoms with Crippen molar-refractivity contribution in [3.8, 4) is 0 Å². The Morgan fingerprint density at radius 3 is 2.71 bits per heavy atom. The summed E-state index contributed by atoms with van der Waals surface area (Å²) < 4.78 is 5.65. The molecule has 0 spiro atoms. The molecule has 3 unspecified atom stereocenters. The molecule has 1 fully saturated rings. The molecule has 0 aromatic carbocycles. The second-order valence-electron chi connectivity index (χ2n) is 4.75. The van der Waals surface area contributed by atoms with Crippen molar-refractivity contribution in [1.29, 1.82) is 0 Å². The van der Waals surface area contributed by atoms with Crippen molar-refractivity contribution < 1.29 is 4.74 Å². The van der Waals surface area contributed by atoms with Crippen LogP contribution in [-0.4, -0.2) is 19.8 Å². The highest BCUT2D eigenvalue weighted by molar-refractivity contribution is 4.78. The van der Waals surface area contributed by atoms with Crippen LogP contribution in [0.25, 0.3) is 0 Å². The minimum absolute atomic E-state index is 0.711. The van der Waals surface area contributed by atoms with Gasteiger partial charge in [0.05, 0.1) is 0 Å². The van der Waals surface area contributed by atoms with Gasteiger partial charge in [0.25, 0.3) is 0 Å². The Morgan fingerprint density at radius 2 is 2.07 bits per heavy atom. The molecule has 0 heterocycles. The molecule has 2 N–H and O–H groups in total. The van der Waals surface area contributed by atoms with Gasteiger partial charge in [-0.2, -0.15) is 0 Å². The van der Waals surface area contributed by atoms with Crippen LogP contribution in [0.1, 0.15) is 39.5 Å². The molecule has 2 heteroatoms. The van der Waals surface area contributed by atoms with Crippen molar-refractivity contribution in [1.82, 2.24) is 0 Å². The average molecular weight is 199 g/mol. The predicted octanol–water partition coefficient (Wildman–Crippen LogP) is 2.42. The monoisotopic (exact) mass is 199 g/mol. The smallest absolute Gasteiger partial charge is 0.0497 e. The minimum Gasteiger partial charge on any atom is -0.381 e. The van der Waals surface area contributed by atoms with E-state index < -0.39 is 0 Å². The first kappa shape index (κ1) is 12.0. The van der Waals surface area contributed by atoms with Gasteiger partial charge >= 0.3 is 0 Å². The molecular weight excluding hydrogens is 174 g/mol. The first-order valence-corrected chi connectivity index (χ1v) is 6.05. The predicted molar refractivity (Wildman–Crippen MR) is 60.2 cm³/mol. The molecule has 0 radical (unpaired) electrons. The summed E-state index contributed by atoms with van der Waals surface area (Å²) in [5.41, 5.74) is 5.79. The molecule has 0 aromatic rings. The normalized spacial score (nSPS) is 33.2. The van der Waals surface area contributed by atoms with Gasteiger partial charge in [-0.15, -0.1) is 0 Å². The quantitative estimate of drug-likeness (QED) is 0.690. The maximum Gasteiger partial charge on any atom is 0.0497 e. The molecule has 2 nitrogen and oxygen atoms in total. The van der Waals surface area contributed by atoms with Crippen molar-refractivity contribution >= 4 is 0 Å². The summed E-state index contributed by atoms with van der Waals surface area (Å²) in [5.74, 6) is 2.30. The zero-order chi connectivity index (χ0) is 10.4. The van der Waals surface area contributed by atoms with Gasteiger partial charge in [0, 0.05) is 13.2 Å². The molecule has 14 heavy (non-hydrogen) atoms. The van der Waals surface area contributed by atoms with Crippen molar-refractivity contribution in [2.45, 2.75) is 39.5 Å². The average Bonchev–Trinajstić information content (AvgIpc) is 2.19. The second-order valence-corrected chi connectivity index (χ2v) is 4.75. The minimum atomic E-state index is 0.711. The molecule has 0 aromatic heterocycles. The zero-order valence-electron chi connectivity index (χ0n) is 9.67. The van der Waals surface area contributed by atoms with E-state index in [2.05, 4.69) is 13.8 Å². The van der Waals surface area contributed by atoms with E-state index in [1.165, 1.54) is 19.3 Å². The zero-order valence-corrected chi connectivity index (χ0v) is 9.67. The highest BCUT2D eigenvalue weighted by Crippen LogP contribution is 2.33. The SMILES string of the molecule is CCCOCC1CC(C)CCC1CN. The fourth-order valence-electron chi connectivity index (χ4n) is 2.45. The maximum absolute atomic E-state index is 5.79. The first-order valence-electron chi connectivity index (χ1n) is 6.05. The summed E-state index contributed by atoms with van der Waals surface area (Å²) in [4.78, 5) is 0. The summed E-state index contributed by atoms with van der Waals surface area (Å²) in [7, 11) is 0. The van der Waals surface area contributed by atoms with Crippen LogP contribution < -0.4 is 5.73 Å². The largest absolute Gasteiger partial charge is 0.381 e. The Morgan fingerprint density at radius 1 is 1.29 bits per heavy atom. The molecule has 3 atom stereocenters. The van der Waals surface area contributed by atoms with Gasteiger partial charge in [0.15, 0.2) is 0 Å². The topological polar surface area (TPSA) is 35.2 Å². The van der Waals surface area contributed by atoms with Gasteiger partial charge < -0.3 is 10.5 Å². The van der Waals surface area contributed by atoms with E-state index in [-0.39, 0.29) is 0 Å². The molecule has 0 saturated heterocycles. The lowest BCUT2D eigenvalue weighted by Crippen LogP contribution is -2.32. The third kappa shape index (κ3) is 3.58. The van der Waals surface area contributed by atoms with E-state index in [0.717, 1.165) is 38.0 Å². The molecule has 1 aliphatic rings. The van der Waals surface area contributed by atoms with Crippen LogP contribution >= 0.6 is 0 Å². The van der Waals surface area contributed by atoms with E-state index in [9.17, 15) is 0 Å². The summed E-state index contributed by atoms with van der Waals surface area (Å²) in [6.07, 6.45) is 5.09. The molecule has 0 bridgehead atoms. The van der Waals surface area contributed by atoms with E-state index in [1.807, 2.05) is 0 Å². The number of hydrogen-bond donors (Lipinski definition) is 1. The van der Waals surface area contributed by atoms with Crippen LogP contribution in [0, 0.1) is 17.8 Å². The van der Waals surface area contributed by atoms with Crippen LogP contribution in [0.5, 0.6) is 0 Å². The van der Waals surface area contributed by atoms with Crippen LogP contribution in [0.3, 0.4) is 0 Å². The van der Waals surface area contributed by atoms with E-state index in [4.69, 9.17) is 10.5 Å². The molecule has 0 amide bonds. The first-order chi connectivity index (χ1) is 6.77. The maximum atomic E-state index is 5.79. The number of ether oxygens (including phenoxy) is 1. The molecular formula is C12H25NO. The summed E-state index contributed by atoms with van der Waals surface area (Å²) in [5, 5.41) is 0. The van der Waals surface area contributed by atoms with E-state index in [0.29, 0.717) is 5.92 Å². The Hall–Kier alpha value is -0.0800. The number of nitrogens with two attached hydrogens (primary N) is 1. The Bertz CT molecular complexity index is 149. The Labute approximate surface area is 88.2 Å². The van der Waals surface area contributed by atoms with Crippen LogP contribution in [0.15, 0.2) is 0 Å². The van der Waals surface area contributed by atoms with Gasteiger partial charge in [-0.1, -0.05) is 20.3 Å². The molecule has 1 saturated carbocycles. The van der Waals surface area contributed by atoms with Crippen LogP contribution in [-0.2, 0) is 4.74 Å². The third-order valence-corrected chi connectivity index (χ3v) is 3.39. The lowest BCUT2D eigenvalue weighted by molar-refractivity contribution is 0.0498. The van der Waals surface area contributed by atoms with E-state index in [1.54, 1.807) is 0 Å². The highest BCUT2D eigenvalue weighted by atomic mass is 16.5. The summed E-state index contributed by atoms with van der Waals surface area (Å²) >= 11 is 0. The van der Waals surface area contributed by atoms with Gasteiger partial charge in [-0.3, -0.25) is 0 Å². The van der Waals surface area contributed by atoms with Crippen LogP contribution in [0.4, 0.5) is 0 Å². The molecule has 84 valence electrons. The molecule has 1 aliphatic carbocycles. The summed E-state index contributed by atoms with van der Waals surface area (Å²) in [6.45, 7) is 7.18. The van der Waals surface area contributed by atoms with Crippen molar-refractivity contribution in [2.24, 2.45) is 23.5 Å². The van der Waals surface area contributed by atoms with Gasteiger partial charge in [-0.25, -0.2) is 0 Å². The Kier molecular flexibility index (Phi) is 5.49. The van der Waals surface area contributed by atoms with Gasteiger partial charge in [-0.05, 0) is 43.6 Å². The lowest BCUT2D eigenvalue weighted by atomic mass is 9.75. The lowest BCUT2D eigenvalue weighted by Gasteiger charge is -2.34. The van der Waals surface area contributed by atoms with Crippen LogP contribution in [0.2, 0.25) is 0 Å². The Balaban J connectivity index is 2.29. The highest BCUT2D eigenvalue weighted by Gasteiger charge is 2.27. The fraction of sp³-hybridized carbons (Fsp3) is 1.00. The van der Waals surface area contributed by atoms with Crippen molar-refractivity contribution in [2.75, 3.05) is 19.8 Å². The molecule has 0 aliphatic heterocycles. The molecule has 1 rings (SSSR count). The number of hydrogen-bond acceptors (Lipinski definition) is 2. The third-order valence-electron chi connectivity index (χ3n) is 3.39. The van der Waals surface area contributed by atoms with Gasteiger partial charge in [0.1, 0.15) is 0 Å². The summed E-state index contributed by atoms with van der Waals surface area (Å²) in [6, 6.07) is 0.